The van der Waals surface area contributed by atoms with Crippen molar-refractivity contribution in [2.75, 3.05) is 13.7 Å². The van der Waals surface area contributed by atoms with Crippen LogP contribution in [-0.4, -0.2) is 32.1 Å². The van der Waals surface area contributed by atoms with Gasteiger partial charge in [0.15, 0.2) is 0 Å². The van der Waals surface area contributed by atoms with E-state index in [4.69, 9.17) is 4.74 Å². The predicted molar refractivity (Wildman–Crippen MR) is 125 cm³/mol. The Labute approximate surface area is 190 Å². The Morgan fingerprint density at radius 1 is 1.09 bits per heavy atom. The number of fused-ring (bicyclic) bond motifs is 2. The van der Waals surface area contributed by atoms with E-state index in [-0.39, 0.29) is 23.4 Å². The van der Waals surface area contributed by atoms with Gasteiger partial charge < -0.3 is 14.3 Å². The minimum atomic E-state index is -0.165. The van der Waals surface area contributed by atoms with Crippen molar-refractivity contribution in [2.24, 2.45) is 17.3 Å². The number of ether oxygens (including phenoxy) is 2. The van der Waals surface area contributed by atoms with Gasteiger partial charge in [0.2, 0.25) is 0 Å². The fourth-order valence-electron chi connectivity index (χ4n) is 5.49. The highest BCUT2D eigenvalue weighted by molar-refractivity contribution is 5.69. The van der Waals surface area contributed by atoms with Gasteiger partial charge in [-0.15, -0.1) is 0 Å². The first-order valence-corrected chi connectivity index (χ1v) is 11.6. The van der Waals surface area contributed by atoms with Gasteiger partial charge in [0.25, 0.3) is 0 Å². The summed E-state index contributed by atoms with van der Waals surface area (Å²) >= 11 is 0. The molecule has 32 heavy (non-hydrogen) atoms. The van der Waals surface area contributed by atoms with E-state index in [1.165, 1.54) is 23.8 Å². The molecule has 4 nitrogen and oxygen atoms in total. The summed E-state index contributed by atoms with van der Waals surface area (Å²) in [5.41, 5.74) is 3.75. The van der Waals surface area contributed by atoms with Crippen LogP contribution < -0.4 is 0 Å². The number of carbonyl (C=O) groups is 2. The molecule has 2 aromatic rings. The van der Waals surface area contributed by atoms with E-state index in [0.717, 1.165) is 45.0 Å². The van der Waals surface area contributed by atoms with Crippen LogP contribution in [0, 0.1) is 17.3 Å². The number of allylic oxidation sites excluding steroid dienone is 2. The zero-order valence-corrected chi connectivity index (χ0v) is 18.7. The third-order valence-electron chi connectivity index (χ3n) is 7.18. The van der Waals surface area contributed by atoms with Gasteiger partial charge in [-0.1, -0.05) is 66.7 Å². The molecule has 4 heteroatoms. The minimum Gasteiger partial charge on any atom is -0.469 e. The quantitative estimate of drug-likeness (QED) is 0.218. The molecule has 2 aliphatic rings. The lowest BCUT2D eigenvalue weighted by atomic mass is 9.70. The van der Waals surface area contributed by atoms with Crippen molar-refractivity contribution < 1.29 is 19.1 Å². The molecule has 1 heterocycles. The van der Waals surface area contributed by atoms with Crippen LogP contribution in [0.25, 0.3) is 11.1 Å². The van der Waals surface area contributed by atoms with Gasteiger partial charge in [-0.3, -0.25) is 4.79 Å². The van der Waals surface area contributed by atoms with E-state index < -0.39 is 0 Å². The van der Waals surface area contributed by atoms with Crippen LogP contribution in [0.2, 0.25) is 0 Å². The molecular formula is C28H32O4. The molecule has 0 amide bonds. The maximum Gasteiger partial charge on any atom is 0.305 e. The van der Waals surface area contributed by atoms with Crippen molar-refractivity contribution in [3.63, 3.8) is 0 Å². The first-order chi connectivity index (χ1) is 15.6. The summed E-state index contributed by atoms with van der Waals surface area (Å²) in [5, 5.41) is 0. The Morgan fingerprint density at radius 3 is 2.56 bits per heavy atom. The first-order valence-electron chi connectivity index (χ1n) is 11.6. The van der Waals surface area contributed by atoms with Gasteiger partial charge in [0, 0.05) is 17.8 Å². The molecule has 1 aliphatic heterocycles. The SMILES string of the molecule is COC(=O)CCC/C=C\C[C@@H]1[C@@H](C=O)[C@@H]2C[C@]1(Cc1ccc(-c3ccccc3)cc1)CO2. The number of hydrogen-bond acceptors (Lipinski definition) is 4. The van der Waals surface area contributed by atoms with E-state index in [2.05, 4.69) is 65.4 Å². The van der Waals surface area contributed by atoms with E-state index >= 15 is 0 Å². The molecule has 1 saturated carbocycles. The number of unbranched alkanes of at least 4 members (excludes halogenated alkanes) is 1. The maximum atomic E-state index is 11.9. The molecular weight excluding hydrogens is 400 g/mol. The van der Waals surface area contributed by atoms with Crippen molar-refractivity contribution in [3.05, 3.63) is 72.3 Å². The molecule has 168 valence electrons. The third kappa shape index (κ3) is 4.86. The van der Waals surface area contributed by atoms with E-state index in [0.29, 0.717) is 12.3 Å². The zero-order chi connectivity index (χ0) is 22.4. The van der Waals surface area contributed by atoms with E-state index in [1.54, 1.807) is 0 Å². The molecule has 2 fully saturated rings. The first kappa shape index (κ1) is 22.5. The second-order valence-corrected chi connectivity index (χ2v) is 9.15. The molecule has 0 aromatic heterocycles. The number of esters is 1. The largest absolute Gasteiger partial charge is 0.469 e. The van der Waals surface area contributed by atoms with Crippen LogP contribution in [0.4, 0.5) is 0 Å². The second kappa shape index (κ2) is 10.3. The van der Waals surface area contributed by atoms with E-state index in [1.807, 2.05) is 6.07 Å². The van der Waals surface area contributed by atoms with Crippen LogP contribution in [0.5, 0.6) is 0 Å². The lowest BCUT2D eigenvalue weighted by molar-refractivity contribution is -0.140. The number of carbonyl (C=O) groups excluding carboxylic acids is 2. The molecule has 1 saturated heterocycles. The van der Waals surface area contributed by atoms with Gasteiger partial charge in [-0.25, -0.2) is 0 Å². The Bertz CT molecular complexity index is 934. The molecule has 0 unspecified atom stereocenters. The normalized spacial score (nSPS) is 26.5. The smallest absolute Gasteiger partial charge is 0.305 e. The summed E-state index contributed by atoms with van der Waals surface area (Å²) in [4.78, 5) is 23.1. The minimum absolute atomic E-state index is 0.0147. The standard InChI is InChI=1S/C28H32O4/c1-31-27(30)12-8-3-2-7-11-25-24(19-29)26-18-28(25,20-32-26)17-21-13-15-23(16-14-21)22-9-5-4-6-10-22/h2,4-7,9-10,13-16,19,24-26H,3,8,11-12,17-18,20H2,1H3/b7-2-/t24-,25-,26+,28-/m1/s1. The molecule has 2 bridgehead atoms. The van der Waals surface area contributed by atoms with Gasteiger partial charge in [0.1, 0.15) is 6.29 Å². The number of benzene rings is 2. The number of methoxy groups -OCH3 is 1. The van der Waals surface area contributed by atoms with E-state index in [9.17, 15) is 9.59 Å². The Hall–Kier alpha value is -2.72. The highest BCUT2D eigenvalue weighted by atomic mass is 16.5. The Morgan fingerprint density at radius 2 is 1.84 bits per heavy atom. The molecule has 4 rings (SSSR count). The average Bonchev–Trinajstić information content (AvgIpc) is 3.38. The van der Waals surface area contributed by atoms with Crippen LogP contribution in [0.15, 0.2) is 66.7 Å². The van der Waals surface area contributed by atoms with Gasteiger partial charge >= 0.3 is 5.97 Å². The summed E-state index contributed by atoms with van der Waals surface area (Å²) in [7, 11) is 1.42. The highest BCUT2D eigenvalue weighted by Gasteiger charge is 2.58. The fraction of sp³-hybridized carbons (Fsp3) is 0.429. The average molecular weight is 433 g/mol. The molecule has 0 N–H and O–H groups in total. The summed E-state index contributed by atoms with van der Waals surface area (Å²) < 4.78 is 10.7. The molecule has 1 aliphatic carbocycles. The Balaban J connectivity index is 1.41. The lowest BCUT2D eigenvalue weighted by Crippen LogP contribution is -2.38. The molecule has 0 radical (unpaired) electrons. The van der Waals surface area contributed by atoms with Crippen LogP contribution >= 0.6 is 0 Å². The van der Waals surface area contributed by atoms with Crippen molar-refractivity contribution in [3.8, 4) is 11.1 Å². The molecule has 0 spiro atoms. The predicted octanol–water partition coefficient (Wildman–Crippen LogP) is 5.41. The topological polar surface area (TPSA) is 52.6 Å². The van der Waals surface area contributed by atoms with Crippen LogP contribution in [-0.2, 0) is 25.5 Å². The van der Waals surface area contributed by atoms with Crippen LogP contribution in [0.3, 0.4) is 0 Å². The van der Waals surface area contributed by atoms with Gasteiger partial charge in [-0.2, -0.15) is 0 Å². The molecule has 4 atom stereocenters. The maximum absolute atomic E-state index is 11.9. The molecule has 2 aromatic carbocycles. The third-order valence-corrected chi connectivity index (χ3v) is 7.18. The summed E-state index contributed by atoms with van der Waals surface area (Å²) in [5.74, 6) is 0.0957. The van der Waals surface area contributed by atoms with Crippen LogP contribution in [0.1, 0.15) is 37.7 Å². The van der Waals surface area contributed by atoms with Gasteiger partial charge in [0.05, 0.1) is 19.8 Å². The van der Waals surface area contributed by atoms with Gasteiger partial charge in [-0.05, 0) is 54.7 Å². The second-order valence-electron chi connectivity index (χ2n) is 9.15. The lowest BCUT2D eigenvalue weighted by Gasteiger charge is -2.37. The summed E-state index contributed by atoms with van der Waals surface area (Å²) in [6.07, 6.45) is 10.3. The zero-order valence-electron chi connectivity index (χ0n) is 18.7. The monoisotopic (exact) mass is 432 g/mol. The summed E-state index contributed by atoms with van der Waals surface area (Å²) in [6, 6.07) is 19.2. The van der Waals surface area contributed by atoms with Crippen molar-refractivity contribution in [1.82, 2.24) is 0 Å². The number of hydrogen-bond donors (Lipinski definition) is 0. The number of aldehydes is 1. The van der Waals surface area contributed by atoms with Crippen molar-refractivity contribution >= 4 is 12.3 Å². The fourth-order valence-corrected chi connectivity index (χ4v) is 5.49. The number of rotatable bonds is 10. The highest BCUT2D eigenvalue weighted by Crippen LogP contribution is 2.56. The Kier molecular flexibility index (Phi) is 7.21. The van der Waals surface area contributed by atoms with Crippen molar-refractivity contribution in [1.29, 1.82) is 0 Å². The summed E-state index contributed by atoms with van der Waals surface area (Å²) in [6.45, 7) is 0.725. The van der Waals surface area contributed by atoms with Crippen molar-refractivity contribution in [2.45, 2.75) is 44.6 Å².